The highest BCUT2D eigenvalue weighted by molar-refractivity contribution is 5.82. The first-order chi connectivity index (χ1) is 11.2. The van der Waals surface area contributed by atoms with Gasteiger partial charge in [0.2, 0.25) is 0 Å². The van der Waals surface area contributed by atoms with Crippen molar-refractivity contribution in [3.63, 3.8) is 0 Å². The Balaban J connectivity index is 2.32. The maximum absolute atomic E-state index is 13.5. The summed E-state index contributed by atoms with van der Waals surface area (Å²) in [5.41, 5.74) is -0.170. The average Bonchev–Trinajstić information content (AvgIpc) is 2.90. The second-order valence-corrected chi connectivity index (χ2v) is 6.69. The van der Waals surface area contributed by atoms with E-state index in [2.05, 4.69) is 4.98 Å². The summed E-state index contributed by atoms with van der Waals surface area (Å²) >= 11 is 0. The zero-order chi connectivity index (χ0) is 17.9. The molecule has 1 aromatic heterocycles. The third kappa shape index (κ3) is 4.21. The van der Waals surface area contributed by atoms with Crippen LogP contribution in [0.3, 0.4) is 0 Å². The van der Waals surface area contributed by atoms with Crippen LogP contribution in [0.15, 0.2) is 18.5 Å². The first-order valence-electron chi connectivity index (χ1n) is 8.01. The summed E-state index contributed by atoms with van der Waals surface area (Å²) in [4.78, 5) is 30.0. The molecular formula is C17H23FN2O4. The Hall–Kier alpha value is -2.18. The van der Waals surface area contributed by atoms with E-state index in [9.17, 15) is 14.0 Å². The number of carbonyl (C=O) groups is 2. The summed E-state index contributed by atoms with van der Waals surface area (Å²) in [6.45, 7) is 7.18. The molecule has 2 atom stereocenters. The van der Waals surface area contributed by atoms with Crippen molar-refractivity contribution in [1.82, 2.24) is 9.88 Å². The molecule has 1 fully saturated rings. The van der Waals surface area contributed by atoms with Gasteiger partial charge in [0, 0.05) is 6.20 Å². The van der Waals surface area contributed by atoms with E-state index in [1.165, 1.54) is 17.2 Å². The molecule has 1 aliphatic rings. The third-order valence-corrected chi connectivity index (χ3v) is 3.66. The SMILES string of the molecule is CCOC(=O)[C@@H]1CCC(c2cncc(F)c2)N1C(=O)OC(C)(C)C. The van der Waals surface area contributed by atoms with Gasteiger partial charge < -0.3 is 9.47 Å². The smallest absolute Gasteiger partial charge is 0.411 e. The van der Waals surface area contributed by atoms with Crippen LogP contribution in [0.4, 0.5) is 9.18 Å². The number of carbonyl (C=O) groups excluding carboxylic acids is 2. The predicted octanol–water partition coefficient (Wildman–Crippen LogP) is 3.22. The lowest BCUT2D eigenvalue weighted by Gasteiger charge is -2.31. The molecule has 0 spiro atoms. The average molecular weight is 338 g/mol. The van der Waals surface area contributed by atoms with Gasteiger partial charge in [0.25, 0.3) is 0 Å². The quantitative estimate of drug-likeness (QED) is 0.792. The van der Waals surface area contributed by atoms with Gasteiger partial charge in [-0.15, -0.1) is 0 Å². The zero-order valence-corrected chi connectivity index (χ0v) is 14.4. The second-order valence-electron chi connectivity index (χ2n) is 6.69. The van der Waals surface area contributed by atoms with Crippen LogP contribution in [0.25, 0.3) is 0 Å². The number of ether oxygens (including phenoxy) is 2. The summed E-state index contributed by atoms with van der Waals surface area (Å²) in [6.07, 6.45) is 2.91. The highest BCUT2D eigenvalue weighted by Gasteiger charge is 2.44. The van der Waals surface area contributed by atoms with Crippen molar-refractivity contribution in [2.75, 3.05) is 6.61 Å². The molecule has 132 valence electrons. The minimum atomic E-state index is -0.743. The second kappa shape index (κ2) is 7.15. The van der Waals surface area contributed by atoms with E-state index >= 15 is 0 Å². The molecule has 0 aliphatic carbocycles. The standard InChI is InChI=1S/C17H23FN2O4/c1-5-23-15(21)14-7-6-13(11-8-12(18)10-19-9-11)20(14)16(22)24-17(2,3)4/h8-10,13-14H,5-7H2,1-4H3/t13?,14-/m0/s1. The maximum Gasteiger partial charge on any atom is 0.411 e. The van der Waals surface area contributed by atoms with Crippen LogP contribution >= 0.6 is 0 Å². The molecule has 1 amide bonds. The summed E-state index contributed by atoms with van der Waals surface area (Å²) in [5, 5.41) is 0. The van der Waals surface area contributed by atoms with Crippen molar-refractivity contribution in [3.8, 4) is 0 Å². The zero-order valence-electron chi connectivity index (χ0n) is 14.4. The molecule has 7 heteroatoms. The largest absolute Gasteiger partial charge is 0.464 e. The molecule has 0 bridgehead atoms. The van der Waals surface area contributed by atoms with E-state index in [1.54, 1.807) is 27.7 Å². The van der Waals surface area contributed by atoms with Crippen molar-refractivity contribution in [3.05, 3.63) is 29.8 Å². The van der Waals surface area contributed by atoms with E-state index in [1.807, 2.05) is 0 Å². The molecule has 0 N–H and O–H groups in total. The topological polar surface area (TPSA) is 68.7 Å². The fraction of sp³-hybridized carbons (Fsp3) is 0.588. The van der Waals surface area contributed by atoms with Gasteiger partial charge in [-0.1, -0.05) is 0 Å². The fourth-order valence-corrected chi connectivity index (χ4v) is 2.79. The van der Waals surface area contributed by atoms with E-state index < -0.39 is 35.6 Å². The molecule has 6 nitrogen and oxygen atoms in total. The Morgan fingerprint density at radius 1 is 1.33 bits per heavy atom. The number of rotatable bonds is 3. The molecule has 0 aromatic carbocycles. The molecule has 1 unspecified atom stereocenters. The molecule has 24 heavy (non-hydrogen) atoms. The van der Waals surface area contributed by atoms with Crippen molar-refractivity contribution < 1.29 is 23.5 Å². The third-order valence-electron chi connectivity index (χ3n) is 3.66. The first kappa shape index (κ1) is 18.2. The van der Waals surface area contributed by atoms with Crippen LogP contribution in [0.5, 0.6) is 0 Å². The molecule has 0 saturated carbocycles. The van der Waals surface area contributed by atoms with Crippen molar-refractivity contribution >= 4 is 12.1 Å². The maximum atomic E-state index is 13.5. The minimum Gasteiger partial charge on any atom is -0.464 e. The molecule has 2 heterocycles. The summed E-state index contributed by atoms with van der Waals surface area (Å²) < 4.78 is 24.0. The van der Waals surface area contributed by atoms with Crippen LogP contribution in [-0.4, -0.2) is 40.2 Å². The number of esters is 1. The molecule has 1 aliphatic heterocycles. The number of amides is 1. The Labute approximate surface area is 141 Å². The van der Waals surface area contributed by atoms with Crippen LogP contribution in [-0.2, 0) is 14.3 Å². The summed E-state index contributed by atoms with van der Waals surface area (Å²) in [7, 11) is 0. The number of hydrogen-bond donors (Lipinski definition) is 0. The molecule has 1 aromatic rings. The van der Waals surface area contributed by atoms with Gasteiger partial charge in [0.05, 0.1) is 18.8 Å². The number of likely N-dealkylation sites (tertiary alicyclic amines) is 1. The Bertz CT molecular complexity index is 615. The summed E-state index contributed by atoms with van der Waals surface area (Å²) in [6, 6.07) is 0.105. The number of nitrogens with zero attached hydrogens (tertiary/aromatic N) is 2. The molecular weight excluding hydrogens is 315 g/mol. The lowest BCUT2D eigenvalue weighted by molar-refractivity contribution is -0.148. The number of pyridine rings is 1. The first-order valence-corrected chi connectivity index (χ1v) is 8.01. The van der Waals surface area contributed by atoms with Gasteiger partial charge in [-0.25, -0.2) is 14.0 Å². The minimum absolute atomic E-state index is 0.226. The monoisotopic (exact) mass is 338 g/mol. The van der Waals surface area contributed by atoms with Gasteiger partial charge in [-0.2, -0.15) is 0 Å². The van der Waals surface area contributed by atoms with Crippen LogP contribution < -0.4 is 0 Å². The Kier molecular flexibility index (Phi) is 5.41. The normalized spacial score (nSPS) is 20.8. The lowest BCUT2D eigenvalue weighted by Crippen LogP contribution is -2.45. The number of aromatic nitrogens is 1. The Morgan fingerprint density at radius 2 is 2.04 bits per heavy atom. The van der Waals surface area contributed by atoms with Gasteiger partial charge in [0.1, 0.15) is 17.5 Å². The van der Waals surface area contributed by atoms with E-state index in [-0.39, 0.29) is 6.61 Å². The molecule has 2 rings (SSSR count). The summed E-state index contributed by atoms with van der Waals surface area (Å²) in [5.74, 6) is -0.966. The van der Waals surface area contributed by atoms with E-state index in [4.69, 9.17) is 9.47 Å². The number of hydrogen-bond acceptors (Lipinski definition) is 5. The van der Waals surface area contributed by atoms with Crippen molar-refractivity contribution in [1.29, 1.82) is 0 Å². The van der Waals surface area contributed by atoms with Gasteiger partial charge in [0.15, 0.2) is 0 Å². The Morgan fingerprint density at radius 3 is 2.62 bits per heavy atom. The van der Waals surface area contributed by atoms with Gasteiger partial charge in [-0.3, -0.25) is 9.88 Å². The lowest BCUT2D eigenvalue weighted by atomic mass is 10.1. The van der Waals surface area contributed by atoms with Gasteiger partial charge in [-0.05, 0) is 52.2 Å². The number of halogens is 1. The van der Waals surface area contributed by atoms with E-state index in [0.717, 1.165) is 6.20 Å². The van der Waals surface area contributed by atoms with Crippen LogP contribution in [0, 0.1) is 5.82 Å². The molecule has 1 saturated heterocycles. The van der Waals surface area contributed by atoms with Crippen LogP contribution in [0.2, 0.25) is 0 Å². The highest BCUT2D eigenvalue weighted by Crippen LogP contribution is 2.37. The van der Waals surface area contributed by atoms with Crippen molar-refractivity contribution in [2.24, 2.45) is 0 Å². The molecule has 0 radical (unpaired) electrons. The fourth-order valence-electron chi connectivity index (χ4n) is 2.79. The predicted molar refractivity (Wildman–Crippen MR) is 84.7 cm³/mol. The van der Waals surface area contributed by atoms with Crippen molar-refractivity contribution in [2.45, 2.75) is 58.2 Å². The van der Waals surface area contributed by atoms with Gasteiger partial charge >= 0.3 is 12.1 Å². The van der Waals surface area contributed by atoms with Crippen LogP contribution in [0.1, 0.15) is 52.1 Å². The highest BCUT2D eigenvalue weighted by atomic mass is 19.1. The van der Waals surface area contributed by atoms with E-state index in [0.29, 0.717) is 18.4 Å².